The van der Waals surface area contributed by atoms with Crippen LogP contribution in [0.25, 0.3) is 17.2 Å². The highest BCUT2D eigenvalue weighted by Crippen LogP contribution is 2.44. The fraction of sp³-hybridized carbons (Fsp3) is 0.435. The molecular weight excluding hydrogens is 412 g/mol. The third kappa shape index (κ3) is 3.10. The van der Waals surface area contributed by atoms with Gasteiger partial charge in [-0.05, 0) is 57.3 Å². The largest absolute Gasteiger partial charge is 0.432 e. The van der Waals surface area contributed by atoms with Gasteiger partial charge in [-0.25, -0.2) is 9.97 Å². The van der Waals surface area contributed by atoms with Gasteiger partial charge in [0.2, 0.25) is 5.95 Å². The number of nitrogens with one attached hydrogen (secondary N) is 1. The molecule has 7 rings (SSSR count). The van der Waals surface area contributed by atoms with E-state index >= 15 is 0 Å². The van der Waals surface area contributed by atoms with E-state index in [9.17, 15) is 0 Å². The standard InChI is InChI=1S/C23H25ClN6O/c1-23(8-3-2-4-18(23)24)20-19(30-12-13-31-22(30)28-20)16-5-9-25-21(26-16)27-17-14-29-10-6-15(17)7-11-29/h2-5,9,12-13,15,17H,6-8,10-11,14H2,1H3,(H,25,26,27). The minimum Gasteiger partial charge on any atom is -0.432 e. The Balaban J connectivity index is 1.40. The second-order valence-corrected chi connectivity index (χ2v) is 9.41. The Kier molecular flexibility index (Phi) is 4.43. The molecule has 7 nitrogen and oxygen atoms in total. The number of piperidine rings is 3. The van der Waals surface area contributed by atoms with Crippen molar-refractivity contribution in [2.24, 2.45) is 5.92 Å². The lowest BCUT2D eigenvalue weighted by Gasteiger charge is -2.44. The van der Waals surface area contributed by atoms with Gasteiger partial charge in [0.05, 0.1) is 22.5 Å². The van der Waals surface area contributed by atoms with Crippen LogP contribution >= 0.6 is 11.6 Å². The van der Waals surface area contributed by atoms with Crippen molar-refractivity contribution < 1.29 is 4.42 Å². The zero-order valence-corrected chi connectivity index (χ0v) is 18.2. The summed E-state index contributed by atoms with van der Waals surface area (Å²) in [4.78, 5) is 16.8. The van der Waals surface area contributed by atoms with Crippen molar-refractivity contribution >= 4 is 23.4 Å². The Morgan fingerprint density at radius 1 is 1.26 bits per heavy atom. The van der Waals surface area contributed by atoms with Crippen LogP contribution in [0.2, 0.25) is 0 Å². The summed E-state index contributed by atoms with van der Waals surface area (Å²) in [6, 6.07) is 2.33. The van der Waals surface area contributed by atoms with Gasteiger partial charge in [0, 0.05) is 30.0 Å². The van der Waals surface area contributed by atoms with E-state index in [-0.39, 0.29) is 0 Å². The smallest absolute Gasteiger partial charge is 0.306 e. The van der Waals surface area contributed by atoms with Gasteiger partial charge < -0.3 is 14.6 Å². The first-order valence-corrected chi connectivity index (χ1v) is 11.3. The molecular formula is C23H25ClN6O. The third-order valence-electron chi connectivity index (χ3n) is 7.09. The van der Waals surface area contributed by atoms with Crippen LogP contribution < -0.4 is 5.32 Å². The van der Waals surface area contributed by atoms with E-state index in [0.717, 1.165) is 35.1 Å². The molecule has 0 spiro atoms. The van der Waals surface area contributed by atoms with Crippen molar-refractivity contribution in [1.29, 1.82) is 0 Å². The molecule has 6 heterocycles. The Morgan fingerprint density at radius 3 is 2.90 bits per heavy atom. The zero-order chi connectivity index (χ0) is 21.0. The lowest BCUT2D eigenvalue weighted by atomic mass is 9.79. The van der Waals surface area contributed by atoms with Gasteiger partial charge in [-0.3, -0.25) is 4.40 Å². The van der Waals surface area contributed by atoms with Crippen molar-refractivity contribution in [3.8, 4) is 11.4 Å². The number of oxazole rings is 1. The average molecular weight is 437 g/mol. The lowest BCUT2D eigenvalue weighted by molar-refractivity contribution is 0.0972. The summed E-state index contributed by atoms with van der Waals surface area (Å²) in [5.41, 5.74) is 2.13. The number of hydrogen-bond donors (Lipinski definition) is 1. The number of anilines is 1. The first-order valence-electron chi connectivity index (χ1n) is 10.9. The minimum absolute atomic E-state index is 0.398. The van der Waals surface area contributed by atoms with Gasteiger partial charge >= 0.3 is 5.84 Å². The Morgan fingerprint density at radius 2 is 2.13 bits per heavy atom. The van der Waals surface area contributed by atoms with E-state index in [4.69, 9.17) is 26.0 Å². The van der Waals surface area contributed by atoms with Crippen LogP contribution in [0.3, 0.4) is 0 Å². The van der Waals surface area contributed by atoms with Crippen molar-refractivity contribution in [2.45, 2.75) is 37.6 Å². The van der Waals surface area contributed by atoms with Gasteiger partial charge in [0.1, 0.15) is 6.26 Å². The molecule has 1 aliphatic carbocycles. The lowest BCUT2D eigenvalue weighted by Crippen LogP contribution is -2.53. The molecule has 3 saturated heterocycles. The molecule has 3 aromatic heterocycles. The van der Waals surface area contributed by atoms with E-state index in [1.165, 1.54) is 25.9 Å². The molecule has 1 N–H and O–H groups in total. The van der Waals surface area contributed by atoms with Crippen LogP contribution in [0.4, 0.5) is 5.95 Å². The van der Waals surface area contributed by atoms with Gasteiger partial charge in [0.15, 0.2) is 0 Å². The molecule has 2 unspecified atom stereocenters. The fourth-order valence-electron chi connectivity index (χ4n) is 5.22. The van der Waals surface area contributed by atoms with Crippen LogP contribution in [0.5, 0.6) is 0 Å². The Labute approximate surface area is 185 Å². The number of fused-ring (bicyclic) bond motifs is 4. The number of rotatable bonds is 4. The number of aromatic nitrogens is 4. The van der Waals surface area contributed by atoms with E-state index in [1.54, 1.807) is 6.26 Å². The topological polar surface area (TPSA) is 71.5 Å². The van der Waals surface area contributed by atoms with Crippen molar-refractivity contribution in [3.63, 3.8) is 0 Å². The van der Waals surface area contributed by atoms with Gasteiger partial charge in [-0.2, -0.15) is 4.98 Å². The maximum Gasteiger partial charge on any atom is 0.306 e. The fourth-order valence-corrected chi connectivity index (χ4v) is 5.46. The molecule has 0 aromatic carbocycles. The molecule has 0 radical (unpaired) electrons. The Hall–Kier alpha value is -2.64. The maximum atomic E-state index is 6.69. The van der Waals surface area contributed by atoms with Crippen LogP contribution in [0.1, 0.15) is 31.9 Å². The zero-order valence-electron chi connectivity index (χ0n) is 17.5. The molecule has 160 valence electrons. The summed E-state index contributed by atoms with van der Waals surface area (Å²) in [5, 5.41) is 4.37. The molecule has 2 atom stereocenters. The summed E-state index contributed by atoms with van der Waals surface area (Å²) >= 11 is 6.69. The SMILES string of the molecule is CC1(c2nc3occn3c2-c2ccnc(NC3CN4CCC3CC4)n2)CC=CC=C1Cl. The van der Waals surface area contributed by atoms with E-state index < -0.39 is 5.41 Å². The van der Waals surface area contributed by atoms with Crippen molar-refractivity contribution in [3.05, 3.63) is 53.7 Å². The first-order chi connectivity index (χ1) is 15.1. The summed E-state index contributed by atoms with van der Waals surface area (Å²) in [6.45, 7) is 5.60. The van der Waals surface area contributed by atoms with Crippen LogP contribution in [0, 0.1) is 5.92 Å². The van der Waals surface area contributed by atoms with Gasteiger partial charge in [-0.1, -0.05) is 23.8 Å². The Bertz CT molecular complexity index is 1190. The van der Waals surface area contributed by atoms with Crippen molar-refractivity contribution in [1.82, 2.24) is 24.3 Å². The number of nitrogens with zero attached hydrogens (tertiary/aromatic N) is 5. The number of imidazole rings is 1. The molecule has 31 heavy (non-hydrogen) atoms. The summed E-state index contributed by atoms with van der Waals surface area (Å²) in [7, 11) is 0. The molecule has 8 heteroatoms. The summed E-state index contributed by atoms with van der Waals surface area (Å²) < 4.78 is 7.57. The number of hydrogen-bond acceptors (Lipinski definition) is 6. The second kappa shape index (κ2) is 7.21. The highest BCUT2D eigenvalue weighted by atomic mass is 35.5. The van der Waals surface area contributed by atoms with Crippen LogP contribution in [-0.2, 0) is 5.41 Å². The van der Waals surface area contributed by atoms with E-state index in [0.29, 0.717) is 23.8 Å². The minimum atomic E-state index is -0.436. The van der Waals surface area contributed by atoms with Crippen molar-refractivity contribution in [2.75, 3.05) is 25.0 Å². The molecule has 3 aliphatic heterocycles. The highest BCUT2D eigenvalue weighted by Gasteiger charge is 2.38. The number of halogens is 1. The normalized spacial score (nSPS) is 30.0. The predicted octanol–water partition coefficient (Wildman–Crippen LogP) is 4.23. The summed E-state index contributed by atoms with van der Waals surface area (Å²) in [5.74, 6) is 1.90. The van der Waals surface area contributed by atoms with Crippen LogP contribution in [-0.4, -0.2) is 49.9 Å². The van der Waals surface area contributed by atoms with E-state index in [2.05, 4.69) is 28.2 Å². The molecule has 2 bridgehead atoms. The first kappa shape index (κ1) is 19.1. The quantitative estimate of drug-likeness (QED) is 0.659. The monoisotopic (exact) mass is 436 g/mol. The third-order valence-corrected chi connectivity index (χ3v) is 7.63. The highest BCUT2D eigenvalue weighted by molar-refractivity contribution is 6.31. The van der Waals surface area contributed by atoms with Crippen LogP contribution in [0.15, 0.2) is 52.4 Å². The number of allylic oxidation sites excluding steroid dienone is 4. The van der Waals surface area contributed by atoms with Gasteiger partial charge in [-0.15, -0.1) is 0 Å². The molecule has 0 saturated carbocycles. The maximum absolute atomic E-state index is 6.69. The second-order valence-electron chi connectivity index (χ2n) is 9.00. The average Bonchev–Trinajstić information content (AvgIpc) is 3.39. The van der Waals surface area contributed by atoms with Gasteiger partial charge in [0.25, 0.3) is 0 Å². The molecule has 3 fully saturated rings. The molecule has 3 aromatic rings. The van der Waals surface area contributed by atoms with E-state index in [1.807, 2.05) is 35.0 Å². The predicted molar refractivity (Wildman–Crippen MR) is 120 cm³/mol. The molecule has 4 aliphatic rings. The molecule has 0 amide bonds. The summed E-state index contributed by atoms with van der Waals surface area (Å²) in [6.07, 6.45) is 14.7.